The molecule has 3 nitrogen and oxygen atoms in total. The summed E-state index contributed by atoms with van der Waals surface area (Å²) in [5.74, 6) is -0.604. The summed E-state index contributed by atoms with van der Waals surface area (Å²) in [4.78, 5) is 12.0. The van der Waals surface area contributed by atoms with E-state index in [4.69, 9.17) is 0 Å². The van der Waals surface area contributed by atoms with Crippen molar-refractivity contribution in [3.63, 3.8) is 0 Å². The number of carbonyl (C=O) groups excluding carboxylic acids is 1. The summed E-state index contributed by atoms with van der Waals surface area (Å²) in [6, 6.07) is 23.9. The van der Waals surface area contributed by atoms with Gasteiger partial charge in [0.05, 0.1) is 6.42 Å². The predicted molar refractivity (Wildman–Crippen MR) is 98.9 cm³/mol. The van der Waals surface area contributed by atoms with Crippen LogP contribution in [0.5, 0.6) is 0 Å². The Morgan fingerprint density at radius 2 is 1.44 bits per heavy atom. The molecule has 0 saturated carbocycles. The molecule has 2 N–H and O–H groups in total. The van der Waals surface area contributed by atoms with E-state index in [9.17, 15) is 9.18 Å². The molecule has 0 saturated heterocycles. The number of rotatable bonds is 6. The Morgan fingerprint density at radius 1 is 0.800 bits per heavy atom. The summed E-state index contributed by atoms with van der Waals surface area (Å²) < 4.78 is 13.6. The third-order valence-corrected chi connectivity index (χ3v) is 3.82. The Labute approximate surface area is 146 Å². The Morgan fingerprint density at radius 3 is 2.16 bits per heavy atom. The number of benzene rings is 3. The molecule has 25 heavy (non-hydrogen) atoms. The van der Waals surface area contributed by atoms with Crippen LogP contribution in [0.2, 0.25) is 0 Å². The molecule has 0 unspecified atom stereocenters. The molecule has 126 valence electrons. The maximum Gasteiger partial charge on any atom is 0.228 e. The highest BCUT2D eigenvalue weighted by molar-refractivity contribution is 5.92. The molecule has 0 bridgehead atoms. The van der Waals surface area contributed by atoms with Gasteiger partial charge in [0.15, 0.2) is 0 Å². The number of halogens is 1. The van der Waals surface area contributed by atoms with Crippen molar-refractivity contribution in [2.45, 2.75) is 13.0 Å². The van der Waals surface area contributed by atoms with E-state index in [1.54, 1.807) is 18.2 Å². The second kappa shape index (κ2) is 8.11. The molecule has 0 fully saturated rings. The molecular formula is C21H19FN2O. The fourth-order valence-corrected chi connectivity index (χ4v) is 2.49. The maximum atomic E-state index is 13.6. The fourth-order valence-electron chi connectivity index (χ4n) is 2.49. The average molecular weight is 334 g/mol. The molecule has 0 aliphatic heterocycles. The molecule has 3 aromatic rings. The monoisotopic (exact) mass is 334 g/mol. The molecule has 0 heterocycles. The van der Waals surface area contributed by atoms with E-state index in [1.807, 2.05) is 42.5 Å². The standard InChI is InChI=1S/C21H19FN2O/c22-20-9-5-4-8-17(20)14-21(25)24-19-12-10-18(11-13-19)23-15-16-6-2-1-3-7-16/h1-13,23H,14-15H2,(H,24,25). The van der Waals surface area contributed by atoms with Gasteiger partial charge in [-0.15, -0.1) is 0 Å². The van der Waals surface area contributed by atoms with Gasteiger partial charge in [-0.1, -0.05) is 48.5 Å². The van der Waals surface area contributed by atoms with Gasteiger partial charge in [-0.05, 0) is 41.5 Å². The first-order chi connectivity index (χ1) is 12.2. The van der Waals surface area contributed by atoms with Crippen LogP contribution < -0.4 is 10.6 Å². The Hall–Kier alpha value is -3.14. The van der Waals surface area contributed by atoms with Gasteiger partial charge in [0.2, 0.25) is 5.91 Å². The molecular weight excluding hydrogens is 315 g/mol. The molecule has 0 radical (unpaired) electrons. The number of hydrogen-bond acceptors (Lipinski definition) is 2. The number of nitrogens with one attached hydrogen (secondary N) is 2. The van der Waals surface area contributed by atoms with Crippen molar-refractivity contribution in [3.05, 3.63) is 95.8 Å². The normalized spacial score (nSPS) is 10.3. The topological polar surface area (TPSA) is 41.1 Å². The zero-order valence-electron chi connectivity index (χ0n) is 13.7. The second-order valence-electron chi connectivity index (χ2n) is 5.73. The van der Waals surface area contributed by atoms with Crippen LogP contribution in [-0.2, 0) is 17.8 Å². The van der Waals surface area contributed by atoms with E-state index in [2.05, 4.69) is 22.8 Å². The summed E-state index contributed by atoms with van der Waals surface area (Å²) >= 11 is 0. The number of amides is 1. The Balaban J connectivity index is 1.53. The van der Waals surface area contributed by atoms with Gasteiger partial charge in [-0.3, -0.25) is 4.79 Å². The van der Waals surface area contributed by atoms with Crippen LogP contribution in [0.1, 0.15) is 11.1 Å². The summed E-state index contributed by atoms with van der Waals surface area (Å²) in [6.45, 7) is 0.736. The molecule has 0 aliphatic rings. The summed E-state index contributed by atoms with van der Waals surface area (Å²) in [5.41, 5.74) is 3.24. The van der Waals surface area contributed by atoms with Gasteiger partial charge in [0.25, 0.3) is 0 Å². The summed E-state index contributed by atoms with van der Waals surface area (Å²) in [6.07, 6.45) is 0.0146. The van der Waals surface area contributed by atoms with Crippen molar-refractivity contribution < 1.29 is 9.18 Å². The molecule has 0 aliphatic carbocycles. The first kappa shape index (κ1) is 16.7. The minimum absolute atomic E-state index is 0.0146. The highest BCUT2D eigenvalue weighted by Crippen LogP contribution is 2.15. The average Bonchev–Trinajstić information content (AvgIpc) is 2.64. The lowest BCUT2D eigenvalue weighted by atomic mass is 10.1. The second-order valence-corrected chi connectivity index (χ2v) is 5.73. The molecule has 3 aromatic carbocycles. The van der Waals surface area contributed by atoms with Crippen LogP contribution in [0.25, 0.3) is 0 Å². The smallest absolute Gasteiger partial charge is 0.228 e. The van der Waals surface area contributed by atoms with E-state index in [0.717, 1.165) is 12.2 Å². The maximum absolute atomic E-state index is 13.6. The van der Waals surface area contributed by atoms with Gasteiger partial charge in [0, 0.05) is 17.9 Å². The molecule has 3 rings (SSSR count). The summed E-state index contributed by atoms with van der Waals surface area (Å²) in [5, 5.41) is 6.11. The van der Waals surface area contributed by atoms with E-state index >= 15 is 0 Å². The zero-order chi connectivity index (χ0) is 17.5. The number of anilines is 2. The quantitative estimate of drug-likeness (QED) is 0.691. The van der Waals surface area contributed by atoms with E-state index in [-0.39, 0.29) is 18.1 Å². The summed E-state index contributed by atoms with van der Waals surface area (Å²) in [7, 11) is 0. The minimum atomic E-state index is -0.363. The lowest BCUT2D eigenvalue weighted by Crippen LogP contribution is -2.15. The molecule has 0 spiro atoms. The lowest BCUT2D eigenvalue weighted by Gasteiger charge is -2.09. The number of hydrogen-bond donors (Lipinski definition) is 2. The Kier molecular flexibility index (Phi) is 5.42. The first-order valence-corrected chi connectivity index (χ1v) is 8.12. The highest BCUT2D eigenvalue weighted by Gasteiger charge is 2.07. The van der Waals surface area contributed by atoms with Crippen molar-refractivity contribution in [1.82, 2.24) is 0 Å². The third-order valence-electron chi connectivity index (χ3n) is 3.82. The van der Waals surface area contributed by atoms with Gasteiger partial charge in [0.1, 0.15) is 5.82 Å². The minimum Gasteiger partial charge on any atom is -0.381 e. The molecule has 0 atom stereocenters. The Bertz CT molecular complexity index is 832. The van der Waals surface area contributed by atoms with Crippen LogP contribution in [0.15, 0.2) is 78.9 Å². The molecule has 0 aromatic heterocycles. The van der Waals surface area contributed by atoms with Gasteiger partial charge < -0.3 is 10.6 Å². The van der Waals surface area contributed by atoms with Crippen molar-refractivity contribution >= 4 is 17.3 Å². The van der Waals surface area contributed by atoms with Crippen molar-refractivity contribution in [2.75, 3.05) is 10.6 Å². The van der Waals surface area contributed by atoms with Gasteiger partial charge in [-0.25, -0.2) is 4.39 Å². The highest BCUT2D eigenvalue weighted by atomic mass is 19.1. The van der Waals surface area contributed by atoms with Crippen LogP contribution in [0.4, 0.5) is 15.8 Å². The van der Waals surface area contributed by atoms with Crippen LogP contribution in [0, 0.1) is 5.82 Å². The van der Waals surface area contributed by atoms with Crippen LogP contribution in [0.3, 0.4) is 0 Å². The largest absolute Gasteiger partial charge is 0.381 e. The van der Waals surface area contributed by atoms with Crippen LogP contribution >= 0.6 is 0 Å². The fraction of sp³-hybridized carbons (Fsp3) is 0.0952. The SMILES string of the molecule is O=C(Cc1ccccc1F)Nc1ccc(NCc2ccccc2)cc1. The molecule has 1 amide bonds. The van der Waals surface area contributed by atoms with E-state index in [0.29, 0.717) is 11.3 Å². The molecule has 4 heteroatoms. The first-order valence-electron chi connectivity index (χ1n) is 8.12. The lowest BCUT2D eigenvalue weighted by molar-refractivity contribution is -0.115. The van der Waals surface area contributed by atoms with E-state index < -0.39 is 0 Å². The third kappa shape index (κ3) is 4.91. The van der Waals surface area contributed by atoms with Crippen LogP contribution in [-0.4, -0.2) is 5.91 Å². The van der Waals surface area contributed by atoms with Crippen molar-refractivity contribution in [1.29, 1.82) is 0 Å². The van der Waals surface area contributed by atoms with Gasteiger partial charge in [-0.2, -0.15) is 0 Å². The predicted octanol–water partition coefficient (Wildman–Crippen LogP) is 4.62. The van der Waals surface area contributed by atoms with Gasteiger partial charge >= 0.3 is 0 Å². The van der Waals surface area contributed by atoms with Crippen molar-refractivity contribution in [2.24, 2.45) is 0 Å². The zero-order valence-corrected chi connectivity index (χ0v) is 13.7. The number of carbonyl (C=O) groups is 1. The van der Waals surface area contributed by atoms with Crippen molar-refractivity contribution in [3.8, 4) is 0 Å². The van der Waals surface area contributed by atoms with E-state index in [1.165, 1.54) is 11.6 Å².